The third-order valence-corrected chi connectivity index (χ3v) is 5.96. The molecule has 0 spiro atoms. The minimum atomic E-state index is -0.245. The van der Waals surface area contributed by atoms with Gasteiger partial charge in [-0.3, -0.25) is 14.5 Å². The average Bonchev–Trinajstić information content (AvgIpc) is 3.36. The zero-order valence-electron chi connectivity index (χ0n) is 17.2. The van der Waals surface area contributed by atoms with Crippen LogP contribution in [0.3, 0.4) is 0 Å². The highest BCUT2D eigenvalue weighted by Gasteiger charge is 2.24. The highest BCUT2D eigenvalue weighted by molar-refractivity contribution is 7.71. The molecule has 0 fully saturated rings. The number of rotatable bonds is 7. The highest BCUT2D eigenvalue weighted by Crippen LogP contribution is 2.25. The molecule has 4 aromatic rings. The molecule has 9 heteroatoms. The molecule has 0 aliphatic rings. The monoisotopic (exact) mass is 454 g/mol. The van der Waals surface area contributed by atoms with Crippen LogP contribution in [-0.4, -0.2) is 30.6 Å². The molecule has 3 N–H and O–H groups in total. The van der Waals surface area contributed by atoms with Gasteiger partial charge in [0.15, 0.2) is 10.6 Å². The molecule has 2 unspecified atom stereocenters. The molecular weight excluding hydrogens is 432 g/mol. The summed E-state index contributed by atoms with van der Waals surface area (Å²) in [5.74, 6) is 1.36. The van der Waals surface area contributed by atoms with Crippen LogP contribution in [0.4, 0.5) is 0 Å². The SMILES string of the molecule is CCC(C)C(NC(=O)Cn1c(-c2ccc(Cl)cc2)n[nH]c1=S)c1nc2ccccc2[nH]1. The van der Waals surface area contributed by atoms with Gasteiger partial charge in [-0.1, -0.05) is 44.0 Å². The van der Waals surface area contributed by atoms with E-state index < -0.39 is 0 Å². The lowest BCUT2D eigenvalue weighted by Crippen LogP contribution is -2.35. The van der Waals surface area contributed by atoms with E-state index in [1.807, 2.05) is 36.4 Å². The summed E-state index contributed by atoms with van der Waals surface area (Å²) in [6.45, 7) is 4.23. The van der Waals surface area contributed by atoms with E-state index in [1.54, 1.807) is 16.7 Å². The number of halogens is 1. The third kappa shape index (κ3) is 4.55. The predicted octanol–water partition coefficient (Wildman–Crippen LogP) is 5.04. The lowest BCUT2D eigenvalue weighted by molar-refractivity contribution is -0.122. The van der Waals surface area contributed by atoms with Gasteiger partial charge < -0.3 is 10.3 Å². The largest absolute Gasteiger partial charge is 0.344 e. The number of para-hydroxylation sites is 2. The quantitative estimate of drug-likeness (QED) is 0.341. The number of aromatic nitrogens is 5. The molecule has 0 bridgehead atoms. The van der Waals surface area contributed by atoms with Crippen molar-refractivity contribution in [2.75, 3.05) is 0 Å². The van der Waals surface area contributed by atoms with E-state index in [0.29, 0.717) is 15.6 Å². The van der Waals surface area contributed by atoms with Crippen LogP contribution in [0.1, 0.15) is 32.1 Å². The molecule has 2 atom stereocenters. The number of benzene rings is 2. The number of carbonyl (C=O) groups is 1. The van der Waals surface area contributed by atoms with E-state index in [1.165, 1.54) is 0 Å². The van der Waals surface area contributed by atoms with Crippen LogP contribution in [-0.2, 0) is 11.3 Å². The molecule has 2 heterocycles. The van der Waals surface area contributed by atoms with E-state index in [-0.39, 0.29) is 24.4 Å². The number of nitrogens with one attached hydrogen (secondary N) is 3. The Kier molecular flexibility index (Phi) is 6.20. The Morgan fingerprint density at radius 3 is 2.68 bits per heavy atom. The summed E-state index contributed by atoms with van der Waals surface area (Å²) in [4.78, 5) is 21.1. The molecular formula is C22H23ClN6OS. The lowest BCUT2D eigenvalue weighted by atomic mass is 9.98. The molecule has 160 valence electrons. The van der Waals surface area contributed by atoms with Crippen molar-refractivity contribution >= 4 is 40.8 Å². The maximum absolute atomic E-state index is 13.0. The predicted molar refractivity (Wildman–Crippen MR) is 124 cm³/mol. The fourth-order valence-corrected chi connectivity index (χ4v) is 3.80. The number of hydrogen-bond donors (Lipinski definition) is 3. The van der Waals surface area contributed by atoms with Crippen LogP contribution in [0.25, 0.3) is 22.4 Å². The molecule has 0 saturated carbocycles. The van der Waals surface area contributed by atoms with E-state index in [4.69, 9.17) is 28.8 Å². The van der Waals surface area contributed by atoms with Crippen molar-refractivity contribution in [1.29, 1.82) is 0 Å². The van der Waals surface area contributed by atoms with Gasteiger partial charge in [0.05, 0.1) is 17.1 Å². The van der Waals surface area contributed by atoms with Crippen LogP contribution >= 0.6 is 23.8 Å². The molecule has 0 radical (unpaired) electrons. The van der Waals surface area contributed by atoms with E-state index in [2.05, 4.69) is 34.3 Å². The van der Waals surface area contributed by atoms with E-state index in [0.717, 1.165) is 28.8 Å². The zero-order chi connectivity index (χ0) is 22.0. The van der Waals surface area contributed by atoms with Crippen molar-refractivity contribution in [3.05, 3.63) is 64.1 Å². The Morgan fingerprint density at radius 1 is 1.23 bits per heavy atom. The smallest absolute Gasteiger partial charge is 0.240 e. The maximum Gasteiger partial charge on any atom is 0.240 e. The van der Waals surface area contributed by atoms with Crippen LogP contribution < -0.4 is 5.32 Å². The number of aromatic amines is 2. The van der Waals surface area contributed by atoms with Crippen LogP contribution in [0.5, 0.6) is 0 Å². The first-order chi connectivity index (χ1) is 15.0. The Balaban J connectivity index is 1.58. The minimum Gasteiger partial charge on any atom is -0.344 e. The number of carbonyl (C=O) groups excluding carboxylic acids is 1. The van der Waals surface area contributed by atoms with Gasteiger partial charge in [-0.15, -0.1) is 0 Å². The number of H-pyrrole nitrogens is 2. The first kappa shape index (κ1) is 21.3. The number of amides is 1. The fraction of sp³-hybridized carbons (Fsp3) is 0.273. The van der Waals surface area contributed by atoms with Crippen molar-refractivity contribution < 1.29 is 4.79 Å². The Morgan fingerprint density at radius 2 is 1.97 bits per heavy atom. The van der Waals surface area contributed by atoms with Crippen molar-refractivity contribution in [2.45, 2.75) is 32.9 Å². The van der Waals surface area contributed by atoms with Crippen molar-refractivity contribution in [3.63, 3.8) is 0 Å². The van der Waals surface area contributed by atoms with Gasteiger partial charge in [0, 0.05) is 10.6 Å². The Bertz CT molecular complexity index is 1230. The fourth-order valence-electron chi connectivity index (χ4n) is 3.48. The van der Waals surface area contributed by atoms with E-state index in [9.17, 15) is 4.79 Å². The minimum absolute atomic E-state index is 0.0421. The summed E-state index contributed by atoms with van der Waals surface area (Å²) in [6.07, 6.45) is 0.892. The molecule has 1 amide bonds. The summed E-state index contributed by atoms with van der Waals surface area (Å²) >= 11 is 11.4. The van der Waals surface area contributed by atoms with Gasteiger partial charge in [-0.25, -0.2) is 4.98 Å². The van der Waals surface area contributed by atoms with Crippen LogP contribution in [0.2, 0.25) is 5.02 Å². The maximum atomic E-state index is 13.0. The second kappa shape index (κ2) is 9.03. The Hall–Kier alpha value is -2.97. The highest BCUT2D eigenvalue weighted by atomic mass is 35.5. The third-order valence-electron chi connectivity index (χ3n) is 5.39. The molecule has 0 aliphatic heterocycles. The molecule has 4 rings (SSSR count). The van der Waals surface area contributed by atoms with Gasteiger partial charge >= 0.3 is 0 Å². The molecule has 0 aliphatic carbocycles. The molecule has 2 aromatic heterocycles. The summed E-state index contributed by atoms with van der Waals surface area (Å²) in [7, 11) is 0. The summed E-state index contributed by atoms with van der Waals surface area (Å²) in [5.41, 5.74) is 2.64. The number of hydrogen-bond acceptors (Lipinski definition) is 4. The molecule has 31 heavy (non-hydrogen) atoms. The number of imidazole rings is 1. The van der Waals surface area contributed by atoms with Crippen molar-refractivity contribution in [2.24, 2.45) is 5.92 Å². The summed E-state index contributed by atoms with van der Waals surface area (Å²) < 4.78 is 2.06. The molecule has 7 nitrogen and oxygen atoms in total. The Labute approximate surface area is 189 Å². The number of nitrogens with zero attached hydrogens (tertiary/aromatic N) is 3. The van der Waals surface area contributed by atoms with Crippen molar-refractivity contribution in [3.8, 4) is 11.4 Å². The van der Waals surface area contributed by atoms with Crippen LogP contribution in [0, 0.1) is 10.7 Å². The zero-order valence-corrected chi connectivity index (χ0v) is 18.8. The van der Waals surface area contributed by atoms with Crippen LogP contribution in [0.15, 0.2) is 48.5 Å². The number of fused-ring (bicyclic) bond motifs is 1. The van der Waals surface area contributed by atoms with Gasteiger partial charge in [-0.2, -0.15) is 5.10 Å². The van der Waals surface area contributed by atoms with E-state index >= 15 is 0 Å². The second-order valence-corrected chi connectivity index (χ2v) is 8.34. The molecule has 2 aromatic carbocycles. The van der Waals surface area contributed by atoms with Gasteiger partial charge in [0.25, 0.3) is 0 Å². The van der Waals surface area contributed by atoms with Gasteiger partial charge in [0.2, 0.25) is 5.91 Å². The van der Waals surface area contributed by atoms with Gasteiger partial charge in [-0.05, 0) is 54.5 Å². The first-order valence-electron chi connectivity index (χ1n) is 10.1. The lowest BCUT2D eigenvalue weighted by Gasteiger charge is -2.22. The molecule has 0 saturated heterocycles. The normalized spacial score (nSPS) is 13.3. The average molecular weight is 455 g/mol. The van der Waals surface area contributed by atoms with Gasteiger partial charge in [0.1, 0.15) is 12.4 Å². The second-order valence-electron chi connectivity index (χ2n) is 7.52. The topological polar surface area (TPSA) is 91.4 Å². The first-order valence-corrected chi connectivity index (χ1v) is 10.9. The van der Waals surface area contributed by atoms with Crippen molar-refractivity contribution in [1.82, 2.24) is 30.0 Å². The summed E-state index contributed by atoms with van der Waals surface area (Å²) in [6, 6.07) is 14.8. The standard InChI is InChI=1S/C22H23ClN6OS/c1-3-13(2)19(20-24-16-6-4-5-7-17(16)25-20)26-18(30)12-29-21(27-28-22(29)31)14-8-10-15(23)11-9-14/h4-11,13,19H,3,12H2,1-2H3,(H,24,25)(H,26,30)(H,28,31). The summed E-state index contributed by atoms with van der Waals surface area (Å²) in [5, 5.41) is 10.8.